The number of rotatable bonds is 6. The van der Waals surface area contributed by atoms with Gasteiger partial charge in [0.05, 0.1) is 12.1 Å². The van der Waals surface area contributed by atoms with E-state index >= 15 is 0 Å². The lowest BCUT2D eigenvalue weighted by Gasteiger charge is -2.38. The van der Waals surface area contributed by atoms with Crippen LogP contribution in [0.15, 0.2) is 0 Å². The van der Waals surface area contributed by atoms with Crippen LogP contribution in [0.5, 0.6) is 0 Å². The van der Waals surface area contributed by atoms with Crippen LogP contribution in [0.2, 0.25) is 0 Å². The first-order valence-electron chi connectivity index (χ1n) is 7.06. The Hall–Kier alpha value is -0.610. The van der Waals surface area contributed by atoms with Crippen molar-refractivity contribution in [3.05, 3.63) is 0 Å². The maximum Gasteiger partial charge on any atom is 0.237 e. The summed E-state index contributed by atoms with van der Waals surface area (Å²) < 4.78 is 5.44. The molecule has 1 unspecified atom stereocenters. The van der Waals surface area contributed by atoms with E-state index in [1.54, 1.807) is 0 Å². The summed E-state index contributed by atoms with van der Waals surface area (Å²) in [4.78, 5) is 12.1. The van der Waals surface area contributed by atoms with Crippen LogP contribution in [0.25, 0.3) is 0 Å². The van der Waals surface area contributed by atoms with E-state index in [0.717, 1.165) is 25.8 Å². The van der Waals surface area contributed by atoms with E-state index < -0.39 is 0 Å². The van der Waals surface area contributed by atoms with E-state index in [1.165, 1.54) is 0 Å². The van der Waals surface area contributed by atoms with Crippen molar-refractivity contribution < 1.29 is 9.53 Å². The molecule has 0 radical (unpaired) electrons. The van der Waals surface area contributed by atoms with E-state index in [4.69, 9.17) is 4.74 Å². The van der Waals surface area contributed by atoms with Crippen LogP contribution in [-0.2, 0) is 9.53 Å². The van der Waals surface area contributed by atoms with Crippen LogP contribution in [-0.4, -0.2) is 37.7 Å². The van der Waals surface area contributed by atoms with Gasteiger partial charge in [0.2, 0.25) is 5.91 Å². The SMILES string of the molecule is CC(C)OCCCNC(=O)C1NCCCC1(C)C. The number of piperidine rings is 1. The molecule has 1 fully saturated rings. The number of carbonyl (C=O) groups excluding carboxylic acids is 1. The van der Waals surface area contributed by atoms with Gasteiger partial charge in [0.15, 0.2) is 0 Å². The van der Waals surface area contributed by atoms with Gasteiger partial charge < -0.3 is 15.4 Å². The lowest BCUT2D eigenvalue weighted by atomic mass is 9.77. The Morgan fingerprint density at radius 3 is 2.83 bits per heavy atom. The second-order valence-corrected chi connectivity index (χ2v) is 6.04. The van der Waals surface area contributed by atoms with Crippen LogP contribution in [0, 0.1) is 5.41 Å². The largest absolute Gasteiger partial charge is 0.379 e. The molecule has 1 aliphatic heterocycles. The van der Waals surface area contributed by atoms with Gasteiger partial charge in [-0.3, -0.25) is 4.79 Å². The third kappa shape index (κ3) is 4.94. The first kappa shape index (κ1) is 15.4. The lowest BCUT2D eigenvalue weighted by molar-refractivity contribution is -0.126. The molecule has 1 amide bonds. The van der Waals surface area contributed by atoms with Gasteiger partial charge in [-0.05, 0) is 45.1 Å². The van der Waals surface area contributed by atoms with E-state index in [9.17, 15) is 4.79 Å². The smallest absolute Gasteiger partial charge is 0.237 e. The molecule has 1 saturated heterocycles. The van der Waals surface area contributed by atoms with Gasteiger partial charge >= 0.3 is 0 Å². The highest BCUT2D eigenvalue weighted by Gasteiger charge is 2.36. The summed E-state index contributed by atoms with van der Waals surface area (Å²) in [5, 5.41) is 6.33. The minimum absolute atomic E-state index is 0.0523. The predicted octanol–water partition coefficient (Wildman–Crippen LogP) is 1.70. The molecule has 0 aromatic carbocycles. The Balaban J connectivity index is 2.23. The lowest BCUT2D eigenvalue weighted by Crippen LogP contribution is -2.55. The first-order valence-corrected chi connectivity index (χ1v) is 7.06. The Labute approximate surface area is 111 Å². The summed E-state index contributed by atoms with van der Waals surface area (Å²) in [6.07, 6.45) is 3.39. The molecule has 106 valence electrons. The fourth-order valence-corrected chi connectivity index (χ4v) is 2.36. The molecule has 1 rings (SSSR count). The van der Waals surface area contributed by atoms with Gasteiger partial charge in [-0.25, -0.2) is 0 Å². The fourth-order valence-electron chi connectivity index (χ4n) is 2.36. The van der Waals surface area contributed by atoms with Crippen LogP contribution in [0.1, 0.15) is 47.0 Å². The van der Waals surface area contributed by atoms with Crippen molar-refractivity contribution >= 4 is 5.91 Å². The predicted molar refractivity (Wildman–Crippen MR) is 73.5 cm³/mol. The van der Waals surface area contributed by atoms with Crippen LogP contribution in [0.4, 0.5) is 0 Å². The van der Waals surface area contributed by atoms with Crippen LogP contribution in [0.3, 0.4) is 0 Å². The Morgan fingerprint density at radius 1 is 1.50 bits per heavy atom. The zero-order chi connectivity index (χ0) is 13.6. The molecule has 1 heterocycles. The highest BCUT2D eigenvalue weighted by Crippen LogP contribution is 2.29. The summed E-state index contributed by atoms with van der Waals surface area (Å²) in [6, 6.07) is -0.0581. The third-order valence-electron chi connectivity index (χ3n) is 3.46. The molecule has 1 aliphatic rings. The molecule has 18 heavy (non-hydrogen) atoms. The summed E-state index contributed by atoms with van der Waals surface area (Å²) in [6.45, 7) is 10.7. The second-order valence-electron chi connectivity index (χ2n) is 6.04. The third-order valence-corrected chi connectivity index (χ3v) is 3.46. The maximum absolute atomic E-state index is 12.1. The summed E-state index contributed by atoms with van der Waals surface area (Å²) in [7, 11) is 0. The first-order chi connectivity index (χ1) is 8.43. The quantitative estimate of drug-likeness (QED) is 0.711. The monoisotopic (exact) mass is 256 g/mol. The molecular weight excluding hydrogens is 228 g/mol. The molecule has 0 spiro atoms. The van der Waals surface area contributed by atoms with Crippen LogP contribution < -0.4 is 10.6 Å². The molecule has 2 N–H and O–H groups in total. The molecule has 4 heteroatoms. The Morgan fingerprint density at radius 2 is 2.22 bits per heavy atom. The van der Waals surface area contributed by atoms with Crippen molar-refractivity contribution in [2.45, 2.75) is 59.1 Å². The van der Waals surface area contributed by atoms with Gasteiger partial charge in [0, 0.05) is 13.2 Å². The molecule has 4 nitrogen and oxygen atoms in total. The Bertz CT molecular complexity index is 265. The number of amides is 1. The Kier molecular flexibility index (Phi) is 6.09. The standard InChI is InChI=1S/C14H28N2O2/c1-11(2)18-10-6-9-16-13(17)12-14(3,4)7-5-8-15-12/h11-12,15H,5-10H2,1-4H3,(H,16,17). The number of hydrogen-bond donors (Lipinski definition) is 2. The summed E-state index contributed by atoms with van der Waals surface area (Å²) >= 11 is 0. The van der Waals surface area contributed by atoms with Crippen molar-refractivity contribution in [3.8, 4) is 0 Å². The van der Waals surface area contributed by atoms with Crippen molar-refractivity contribution in [1.82, 2.24) is 10.6 Å². The second kappa shape index (κ2) is 7.10. The minimum atomic E-state index is -0.0581. The van der Waals surface area contributed by atoms with Gasteiger partial charge in [-0.2, -0.15) is 0 Å². The van der Waals surface area contributed by atoms with E-state index in [-0.39, 0.29) is 23.5 Å². The summed E-state index contributed by atoms with van der Waals surface area (Å²) in [5.74, 6) is 0.129. The van der Waals surface area contributed by atoms with Gasteiger partial charge in [0.25, 0.3) is 0 Å². The number of hydrogen-bond acceptors (Lipinski definition) is 3. The zero-order valence-corrected chi connectivity index (χ0v) is 12.2. The fraction of sp³-hybridized carbons (Fsp3) is 0.929. The molecule has 0 aromatic heterocycles. The maximum atomic E-state index is 12.1. The average molecular weight is 256 g/mol. The van der Waals surface area contributed by atoms with Gasteiger partial charge in [0.1, 0.15) is 0 Å². The molecular formula is C14H28N2O2. The topological polar surface area (TPSA) is 50.4 Å². The van der Waals surface area contributed by atoms with Gasteiger partial charge in [-0.15, -0.1) is 0 Å². The number of nitrogens with one attached hydrogen (secondary N) is 2. The average Bonchev–Trinajstić information content (AvgIpc) is 2.27. The van der Waals surface area contributed by atoms with Crippen molar-refractivity contribution in [3.63, 3.8) is 0 Å². The highest BCUT2D eigenvalue weighted by atomic mass is 16.5. The van der Waals surface area contributed by atoms with Gasteiger partial charge in [-0.1, -0.05) is 13.8 Å². The molecule has 0 aromatic rings. The van der Waals surface area contributed by atoms with E-state index in [1.807, 2.05) is 13.8 Å². The molecule has 0 saturated carbocycles. The van der Waals surface area contributed by atoms with E-state index in [2.05, 4.69) is 24.5 Å². The van der Waals surface area contributed by atoms with Crippen LogP contribution >= 0.6 is 0 Å². The molecule has 1 atom stereocenters. The van der Waals surface area contributed by atoms with Crippen molar-refractivity contribution in [1.29, 1.82) is 0 Å². The van der Waals surface area contributed by atoms with Crippen molar-refractivity contribution in [2.24, 2.45) is 5.41 Å². The number of ether oxygens (including phenoxy) is 1. The van der Waals surface area contributed by atoms with Crippen molar-refractivity contribution in [2.75, 3.05) is 19.7 Å². The number of carbonyl (C=O) groups is 1. The van der Waals surface area contributed by atoms with E-state index in [0.29, 0.717) is 13.2 Å². The normalized spacial score (nSPS) is 23.1. The zero-order valence-electron chi connectivity index (χ0n) is 12.2. The highest BCUT2D eigenvalue weighted by molar-refractivity contribution is 5.82. The minimum Gasteiger partial charge on any atom is -0.379 e. The summed E-state index contributed by atoms with van der Waals surface area (Å²) in [5.41, 5.74) is 0.0523. The molecule has 0 aliphatic carbocycles. The molecule has 0 bridgehead atoms.